The van der Waals surface area contributed by atoms with E-state index >= 15 is 0 Å². The van der Waals surface area contributed by atoms with Crippen molar-refractivity contribution in [3.8, 4) is 0 Å². The van der Waals surface area contributed by atoms with Gasteiger partial charge in [0.15, 0.2) is 0 Å². The van der Waals surface area contributed by atoms with Crippen LogP contribution >= 0.6 is 11.3 Å². The molecule has 1 N–H and O–H groups in total. The minimum atomic E-state index is -0.430. The number of benzene rings is 2. The molecule has 0 bridgehead atoms. The van der Waals surface area contributed by atoms with Crippen molar-refractivity contribution in [1.29, 1.82) is 0 Å². The van der Waals surface area contributed by atoms with E-state index in [2.05, 4.69) is 15.5 Å². The molecule has 0 saturated carbocycles. The summed E-state index contributed by atoms with van der Waals surface area (Å²) in [6.45, 7) is 0.590. The summed E-state index contributed by atoms with van der Waals surface area (Å²) in [6, 6.07) is 14.1. The van der Waals surface area contributed by atoms with Crippen LogP contribution in [-0.4, -0.2) is 46.5 Å². The lowest BCUT2D eigenvalue weighted by molar-refractivity contribution is 0.0656. The number of imide groups is 1. The third kappa shape index (κ3) is 3.98. The van der Waals surface area contributed by atoms with Gasteiger partial charge in [0.05, 0.1) is 11.1 Å². The van der Waals surface area contributed by atoms with Crippen LogP contribution < -0.4 is 5.32 Å². The van der Waals surface area contributed by atoms with E-state index in [0.717, 1.165) is 5.56 Å². The third-order valence-electron chi connectivity index (χ3n) is 4.65. The van der Waals surface area contributed by atoms with Crippen molar-refractivity contribution in [3.05, 3.63) is 75.8 Å². The summed E-state index contributed by atoms with van der Waals surface area (Å²) in [4.78, 5) is 39.2. The summed E-state index contributed by atoms with van der Waals surface area (Å²) < 4.78 is 4.98. The Labute approximate surface area is 176 Å². The molecule has 4 rings (SSSR count). The van der Waals surface area contributed by atoms with E-state index in [0.29, 0.717) is 28.7 Å². The van der Waals surface area contributed by atoms with E-state index in [1.165, 1.54) is 34.4 Å². The van der Waals surface area contributed by atoms with Crippen LogP contribution in [0.15, 0.2) is 48.5 Å². The monoisotopic (exact) mass is 422 g/mol. The molecule has 9 heteroatoms. The van der Waals surface area contributed by atoms with Gasteiger partial charge < -0.3 is 4.74 Å². The predicted molar refractivity (Wildman–Crippen MR) is 111 cm³/mol. The number of nitrogens with one attached hydrogen (secondary N) is 1. The molecule has 2 aromatic carbocycles. The lowest BCUT2D eigenvalue weighted by atomic mass is 10.1. The average molecular weight is 422 g/mol. The van der Waals surface area contributed by atoms with Crippen molar-refractivity contribution in [1.82, 2.24) is 15.1 Å². The van der Waals surface area contributed by atoms with Crippen LogP contribution in [-0.2, 0) is 17.8 Å². The summed E-state index contributed by atoms with van der Waals surface area (Å²) in [5.74, 6) is -1.16. The quantitative estimate of drug-likeness (QED) is 0.588. The number of methoxy groups -OCH3 is 1. The van der Waals surface area contributed by atoms with Crippen molar-refractivity contribution < 1.29 is 19.1 Å². The zero-order valence-corrected chi connectivity index (χ0v) is 16.9. The Morgan fingerprint density at radius 2 is 1.83 bits per heavy atom. The zero-order chi connectivity index (χ0) is 21.1. The maximum absolute atomic E-state index is 12.8. The molecule has 0 aliphatic carbocycles. The molecule has 1 aromatic heterocycles. The first-order chi connectivity index (χ1) is 14.6. The molecule has 0 saturated heterocycles. The smallest absolute Gasteiger partial charge is 0.261 e. The number of ether oxygens (including phenoxy) is 1. The highest BCUT2D eigenvalue weighted by Crippen LogP contribution is 2.25. The van der Waals surface area contributed by atoms with E-state index in [1.807, 2.05) is 30.3 Å². The first kappa shape index (κ1) is 19.9. The van der Waals surface area contributed by atoms with Crippen LogP contribution in [0.1, 0.15) is 41.6 Å². The molecule has 152 valence electrons. The third-order valence-corrected chi connectivity index (χ3v) is 5.47. The Balaban J connectivity index is 1.47. The summed E-state index contributed by atoms with van der Waals surface area (Å²) in [6.07, 6.45) is 0.570. The highest BCUT2D eigenvalue weighted by atomic mass is 32.1. The number of carbonyl (C=O) groups excluding carboxylic acids is 3. The molecule has 1 aliphatic heterocycles. The molecule has 0 fully saturated rings. The number of aromatic nitrogens is 2. The molecule has 0 radical (unpaired) electrons. The van der Waals surface area contributed by atoms with Gasteiger partial charge in [0.2, 0.25) is 5.13 Å². The second-order valence-corrected chi connectivity index (χ2v) is 7.71. The van der Waals surface area contributed by atoms with Gasteiger partial charge in [0.1, 0.15) is 11.6 Å². The molecule has 30 heavy (non-hydrogen) atoms. The van der Waals surface area contributed by atoms with Gasteiger partial charge in [-0.05, 0) is 30.2 Å². The van der Waals surface area contributed by atoms with E-state index in [-0.39, 0.29) is 29.5 Å². The molecule has 8 nitrogen and oxygen atoms in total. The fourth-order valence-electron chi connectivity index (χ4n) is 3.18. The highest BCUT2D eigenvalue weighted by Gasteiger charge is 2.35. The van der Waals surface area contributed by atoms with Crippen LogP contribution in [0.2, 0.25) is 0 Å². The molecule has 1 aliphatic rings. The number of anilines is 1. The fourth-order valence-corrected chi connectivity index (χ4v) is 3.88. The van der Waals surface area contributed by atoms with E-state index in [4.69, 9.17) is 4.74 Å². The molecule has 0 unspecified atom stereocenters. The lowest BCUT2D eigenvalue weighted by Crippen LogP contribution is -2.31. The minimum Gasteiger partial charge on any atom is -0.377 e. The van der Waals surface area contributed by atoms with Gasteiger partial charge in [-0.3, -0.25) is 24.6 Å². The number of amides is 3. The Kier molecular flexibility index (Phi) is 5.64. The van der Waals surface area contributed by atoms with Crippen LogP contribution in [0, 0.1) is 0 Å². The standard InChI is InChI=1S/C21H18N4O4S/c1-29-12-17-23-24-21(30-17)22-18(26)14-7-8-15-16(11-14)20(28)25(19(15)27)10-9-13-5-3-2-4-6-13/h2-8,11H,9-10,12H2,1H3,(H,22,24,26). The van der Waals surface area contributed by atoms with Gasteiger partial charge in [0, 0.05) is 19.2 Å². The Bertz CT molecular complexity index is 1110. The second-order valence-electron chi connectivity index (χ2n) is 6.65. The minimum absolute atomic E-state index is 0.234. The highest BCUT2D eigenvalue weighted by molar-refractivity contribution is 7.15. The van der Waals surface area contributed by atoms with Gasteiger partial charge >= 0.3 is 0 Å². The number of hydrogen-bond acceptors (Lipinski definition) is 7. The largest absolute Gasteiger partial charge is 0.377 e. The first-order valence-electron chi connectivity index (χ1n) is 9.23. The SMILES string of the molecule is COCc1nnc(NC(=O)c2ccc3c(c2)C(=O)N(CCc2ccccc2)C3=O)s1. The van der Waals surface area contributed by atoms with E-state index < -0.39 is 5.91 Å². The summed E-state index contributed by atoms with van der Waals surface area (Å²) in [7, 11) is 1.55. The Morgan fingerprint density at radius 1 is 1.07 bits per heavy atom. The number of nitrogens with zero attached hydrogens (tertiary/aromatic N) is 3. The van der Waals surface area contributed by atoms with Crippen LogP contribution in [0.5, 0.6) is 0 Å². The molecule has 0 atom stereocenters. The van der Waals surface area contributed by atoms with Gasteiger partial charge in [0.25, 0.3) is 17.7 Å². The normalized spacial score (nSPS) is 12.9. The fraction of sp³-hybridized carbons (Fsp3) is 0.190. The molecule has 2 heterocycles. The molecular weight excluding hydrogens is 404 g/mol. The lowest BCUT2D eigenvalue weighted by Gasteiger charge is -2.13. The zero-order valence-electron chi connectivity index (χ0n) is 16.1. The van der Waals surface area contributed by atoms with Gasteiger partial charge in [-0.25, -0.2) is 0 Å². The summed E-state index contributed by atoms with van der Waals surface area (Å²) in [5, 5.41) is 11.4. The maximum Gasteiger partial charge on any atom is 0.261 e. The predicted octanol–water partition coefficient (Wildman–Crippen LogP) is 2.78. The molecule has 3 aromatic rings. The Hall–Kier alpha value is -3.43. The van der Waals surface area contributed by atoms with Crippen molar-refractivity contribution in [2.45, 2.75) is 13.0 Å². The van der Waals surface area contributed by atoms with Crippen molar-refractivity contribution in [3.63, 3.8) is 0 Å². The first-order valence-corrected chi connectivity index (χ1v) is 10.1. The molecule has 0 spiro atoms. The number of fused-ring (bicyclic) bond motifs is 1. The topological polar surface area (TPSA) is 101 Å². The second kappa shape index (κ2) is 8.52. The summed E-state index contributed by atoms with van der Waals surface area (Å²) >= 11 is 1.20. The van der Waals surface area contributed by atoms with E-state index in [9.17, 15) is 14.4 Å². The maximum atomic E-state index is 12.8. The number of rotatable bonds is 7. The van der Waals surface area contributed by atoms with Crippen molar-refractivity contribution in [2.24, 2.45) is 0 Å². The number of carbonyl (C=O) groups is 3. The van der Waals surface area contributed by atoms with Crippen LogP contribution in [0.3, 0.4) is 0 Å². The molecule has 3 amide bonds. The van der Waals surface area contributed by atoms with Crippen molar-refractivity contribution in [2.75, 3.05) is 19.0 Å². The van der Waals surface area contributed by atoms with Crippen LogP contribution in [0.25, 0.3) is 0 Å². The van der Waals surface area contributed by atoms with Gasteiger partial charge in [-0.15, -0.1) is 10.2 Å². The van der Waals surface area contributed by atoms with Crippen molar-refractivity contribution >= 4 is 34.2 Å². The van der Waals surface area contributed by atoms with Gasteiger partial charge in [-0.2, -0.15) is 0 Å². The van der Waals surface area contributed by atoms with Gasteiger partial charge in [-0.1, -0.05) is 41.7 Å². The Morgan fingerprint density at radius 3 is 2.60 bits per heavy atom. The molecular formula is C21H18N4O4S. The summed E-state index contributed by atoms with van der Waals surface area (Å²) in [5.41, 5.74) is 1.85. The van der Waals surface area contributed by atoms with Crippen LogP contribution in [0.4, 0.5) is 5.13 Å². The van der Waals surface area contributed by atoms with E-state index in [1.54, 1.807) is 7.11 Å². The average Bonchev–Trinajstić information content (AvgIpc) is 3.29. The number of hydrogen-bond donors (Lipinski definition) is 1.